The van der Waals surface area contributed by atoms with Crippen molar-refractivity contribution in [3.63, 3.8) is 0 Å². The Bertz CT molecular complexity index is 352. The minimum atomic E-state index is -2.51. The molecule has 96 valence electrons. The second-order valence-corrected chi connectivity index (χ2v) is 2.93. The van der Waals surface area contributed by atoms with Crippen LogP contribution in [0.25, 0.3) is 0 Å². The highest BCUT2D eigenvalue weighted by Gasteiger charge is 2.06. The van der Waals surface area contributed by atoms with E-state index >= 15 is 0 Å². The molecular weight excluding hydrogens is 239 g/mol. The van der Waals surface area contributed by atoms with Crippen LogP contribution in [0.1, 0.15) is 0 Å². The van der Waals surface area contributed by atoms with E-state index in [4.69, 9.17) is 5.84 Å². The van der Waals surface area contributed by atoms with Gasteiger partial charge in [0.25, 0.3) is 6.43 Å². The van der Waals surface area contributed by atoms with Crippen LogP contribution in [-0.2, 0) is 4.74 Å². The molecule has 0 unspecified atom stereocenters. The number of alkyl halides is 2. The second kappa shape index (κ2) is 6.86. The molecule has 1 aromatic heterocycles. The maximum Gasteiger partial charge on any atom is 0.261 e. The number of hydrogen-bond donors (Lipinski definition) is 3. The molecule has 0 atom stereocenters. The zero-order valence-corrected chi connectivity index (χ0v) is 8.79. The number of halogens is 3. The summed E-state index contributed by atoms with van der Waals surface area (Å²) >= 11 is 0. The smallest absolute Gasteiger partial charge is 0.261 e. The largest absolute Gasteiger partial charge is 0.374 e. The molecule has 0 bridgehead atoms. The molecule has 0 aliphatic rings. The van der Waals surface area contributed by atoms with Crippen molar-refractivity contribution in [2.24, 2.45) is 5.84 Å². The summed E-state index contributed by atoms with van der Waals surface area (Å²) in [6, 6.07) is 0. The van der Waals surface area contributed by atoms with Gasteiger partial charge in [0.05, 0.1) is 12.8 Å². The predicted molar refractivity (Wildman–Crippen MR) is 55.1 cm³/mol. The van der Waals surface area contributed by atoms with E-state index in [-0.39, 0.29) is 24.9 Å². The van der Waals surface area contributed by atoms with Crippen molar-refractivity contribution < 1.29 is 17.9 Å². The van der Waals surface area contributed by atoms with Crippen molar-refractivity contribution in [1.82, 2.24) is 9.97 Å². The van der Waals surface area contributed by atoms with E-state index in [1.807, 2.05) is 0 Å². The van der Waals surface area contributed by atoms with E-state index in [9.17, 15) is 13.2 Å². The van der Waals surface area contributed by atoms with Crippen LogP contribution in [0.2, 0.25) is 0 Å². The standard InChI is InChI=1S/C8H12F3N5O/c9-5-3-14-8(16-12)15-7(5)13-1-2-17-4-6(10)11/h3,6H,1-2,4,12H2,(H2,13,14,15,16). The van der Waals surface area contributed by atoms with E-state index < -0.39 is 18.8 Å². The quantitative estimate of drug-likeness (QED) is 0.374. The minimum absolute atomic E-state index is 0.0131. The molecule has 0 saturated heterocycles. The Morgan fingerprint density at radius 3 is 2.88 bits per heavy atom. The normalized spacial score (nSPS) is 10.6. The van der Waals surface area contributed by atoms with Crippen LogP contribution in [0.15, 0.2) is 6.20 Å². The third kappa shape index (κ3) is 4.83. The molecule has 6 nitrogen and oxygen atoms in total. The van der Waals surface area contributed by atoms with E-state index in [0.29, 0.717) is 0 Å². The summed E-state index contributed by atoms with van der Waals surface area (Å²) < 4.78 is 41.1. The summed E-state index contributed by atoms with van der Waals surface area (Å²) in [5.74, 6) is 4.35. The molecule has 0 saturated carbocycles. The van der Waals surface area contributed by atoms with Gasteiger partial charge in [-0.1, -0.05) is 0 Å². The highest BCUT2D eigenvalue weighted by molar-refractivity contribution is 5.40. The lowest BCUT2D eigenvalue weighted by molar-refractivity contribution is 0.0214. The fraction of sp³-hybridized carbons (Fsp3) is 0.500. The van der Waals surface area contributed by atoms with E-state index in [1.54, 1.807) is 0 Å². The number of nitrogen functional groups attached to an aromatic ring is 1. The first kappa shape index (κ1) is 13.5. The number of nitrogens with two attached hydrogens (primary N) is 1. The highest BCUT2D eigenvalue weighted by Crippen LogP contribution is 2.10. The summed E-state index contributed by atoms with van der Waals surface area (Å²) in [4.78, 5) is 7.22. The van der Waals surface area contributed by atoms with Crippen LogP contribution < -0.4 is 16.6 Å². The van der Waals surface area contributed by atoms with Crippen molar-refractivity contribution in [1.29, 1.82) is 0 Å². The lowest BCUT2D eigenvalue weighted by Crippen LogP contribution is -2.16. The van der Waals surface area contributed by atoms with Gasteiger partial charge in [0.1, 0.15) is 6.61 Å². The maximum atomic E-state index is 13.1. The predicted octanol–water partition coefficient (Wildman–Crippen LogP) is 0.595. The molecule has 0 aromatic carbocycles. The van der Waals surface area contributed by atoms with E-state index in [1.165, 1.54) is 0 Å². The highest BCUT2D eigenvalue weighted by atomic mass is 19.3. The van der Waals surface area contributed by atoms with Crippen LogP contribution in [0.4, 0.5) is 24.9 Å². The topological polar surface area (TPSA) is 85.1 Å². The first-order valence-electron chi connectivity index (χ1n) is 4.72. The Morgan fingerprint density at radius 2 is 2.24 bits per heavy atom. The molecule has 1 aromatic rings. The lowest BCUT2D eigenvalue weighted by Gasteiger charge is -2.08. The van der Waals surface area contributed by atoms with Crippen molar-refractivity contribution in [3.8, 4) is 0 Å². The minimum Gasteiger partial charge on any atom is -0.374 e. The zero-order valence-electron chi connectivity index (χ0n) is 8.79. The molecule has 4 N–H and O–H groups in total. The number of ether oxygens (including phenoxy) is 1. The summed E-state index contributed by atoms with van der Waals surface area (Å²) in [5, 5.41) is 2.57. The van der Waals surface area contributed by atoms with Crippen molar-refractivity contribution >= 4 is 11.8 Å². The Morgan fingerprint density at radius 1 is 1.47 bits per heavy atom. The van der Waals surface area contributed by atoms with Gasteiger partial charge in [0.15, 0.2) is 11.6 Å². The molecule has 9 heteroatoms. The Balaban J connectivity index is 2.35. The van der Waals surface area contributed by atoms with Crippen LogP contribution in [-0.4, -0.2) is 36.2 Å². The van der Waals surface area contributed by atoms with Crippen LogP contribution in [0.3, 0.4) is 0 Å². The second-order valence-electron chi connectivity index (χ2n) is 2.93. The van der Waals surface area contributed by atoms with Gasteiger partial charge in [-0.05, 0) is 0 Å². The molecule has 0 fully saturated rings. The Kier molecular flexibility index (Phi) is 5.43. The average molecular weight is 251 g/mol. The van der Waals surface area contributed by atoms with Crippen LogP contribution >= 0.6 is 0 Å². The fourth-order valence-corrected chi connectivity index (χ4v) is 0.975. The van der Waals surface area contributed by atoms with E-state index in [2.05, 4.69) is 25.4 Å². The fourth-order valence-electron chi connectivity index (χ4n) is 0.975. The molecule has 0 aliphatic carbocycles. The van der Waals surface area contributed by atoms with E-state index in [0.717, 1.165) is 6.20 Å². The number of aromatic nitrogens is 2. The number of nitrogens with one attached hydrogen (secondary N) is 2. The van der Waals surface area contributed by atoms with Crippen molar-refractivity contribution in [2.45, 2.75) is 6.43 Å². The molecular formula is C8H12F3N5O. The third-order valence-electron chi connectivity index (χ3n) is 1.66. The van der Waals surface area contributed by atoms with Gasteiger partial charge in [-0.15, -0.1) is 0 Å². The lowest BCUT2D eigenvalue weighted by atomic mass is 10.5. The van der Waals surface area contributed by atoms with Crippen LogP contribution in [0.5, 0.6) is 0 Å². The number of nitrogens with zero attached hydrogens (tertiary/aromatic N) is 2. The van der Waals surface area contributed by atoms with Gasteiger partial charge >= 0.3 is 0 Å². The Labute approximate surface area is 95.4 Å². The average Bonchev–Trinajstić information content (AvgIpc) is 2.30. The SMILES string of the molecule is NNc1ncc(F)c(NCCOCC(F)F)n1. The summed E-state index contributed by atoms with van der Waals surface area (Å²) in [5.41, 5.74) is 2.15. The first-order chi connectivity index (χ1) is 8.13. The van der Waals surface area contributed by atoms with Gasteiger partial charge in [0, 0.05) is 6.54 Å². The van der Waals surface area contributed by atoms with Gasteiger partial charge in [-0.25, -0.2) is 24.0 Å². The monoisotopic (exact) mass is 251 g/mol. The zero-order chi connectivity index (χ0) is 12.7. The first-order valence-corrected chi connectivity index (χ1v) is 4.72. The molecule has 0 amide bonds. The van der Waals surface area contributed by atoms with Gasteiger partial charge in [-0.2, -0.15) is 4.98 Å². The molecule has 0 spiro atoms. The summed E-state index contributed by atoms with van der Waals surface area (Å²) in [6.07, 6.45) is -1.58. The molecule has 0 aliphatic heterocycles. The number of rotatable bonds is 7. The van der Waals surface area contributed by atoms with Gasteiger partial charge in [-0.3, -0.25) is 5.43 Å². The number of hydrogen-bond acceptors (Lipinski definition) is 6. The summed E-state index contributed by atoms with van der Waals surface area (Å²) in [7, 11) is 0. The number of hydrazine groups is 1. The third-order valence-corrected chi connectivity index (χ3v) is 1.66. The number of anilines is 2. The van der Waals surface area contributed by atoms with Crippen molar-refractivity contribution in [3.05, 3.63) is 12.0 Å². The Hall–Kier alpha value is -1.61. The molecule has 17 heavy (non-hydrogen) atoms. The summed E-state index contributed by atoms with van der Waals surface area (Å²) in [6.45, 7) is -0.493. The van der Waals surface area contributed by atoms with Gasteiger partial charge in [0.2, 0.25) is 5.95 Å². The molecule has 0 radical (unpaired) electrons. The van der Waals surface area contributed by atoms with Gasteiger partial charge < -0.3 is 10.1 Å². The van der Waals surface area contributed by atoms with Crippen LogP contribution in [0, 0.1) is 5.82 Å². The molecule has 1 heterocycles. The maximum absolute atomic E-state index is 13.1. The molecule has 1 rings (SSSR count). The van der Waals surface area contributed by atoms with Crippen molar-refractivity contribution in [2.75, 3.05) is 30.5 Å².